The number of nitrogens with zero attached hydrogens (tertiary/aromatic N) is 2. The molecule has 0 atom stereocenters. The first-order chi connectivity index (χ1) is 8.89. The Morgan fingerprint density at radius 1 is 1.32 bits per heavy atom. The first-order valence-electron chi connectivity index (χ1n) is 5.40. The number of hydrogen-bond donors (Lipinski definition) is 2. The summed E-state index contributed by atoms with van der Waals surface area (Å²) in [5.41, 5.74) is 7.07. The first kappa shape index (κ1) is 14.2. The first-order valence-corrected chi connectivity index (χ1v) is 6.53. The highest BCUT2D eigenvalue weighted by Gasteiger charge is 2.28. The summed E-state index contributed by atoms with van der Waals surface area (Å²) in [5, 5.41) is 7.56. The van der Waals surface area contributed by atoms with Crippen molar-refractivity contribution in [2.75, 3.05) is 0 Å². The fourth-order valence-electron chi connectivity index (χ4n) is 1.80. The van der Waals surface area contributed by atoms with E-state index in [0.29, 0.717) is 17.9 Å². The van der Waals surface area contributed by atoms with Crippen LogP contribution in [0.2, 0.25) is 0 Å². The van der Waals surface area contributed by atoms with Crippen molar-refractivity contribution < 1.29 is 0 Å². The van der Waals surface area contributed by atoms with E-state index in [-0.39, 0.29) is 5.84 Å². The molecule has 0 aliphatic carbocycles. The van der Waals surface area contributed by atoms with Gasteiger partial charge < -0.3 is 10.3 Å². The predicted molar refractivity (Wildman–Crippen MR) is 78.0 cm³/mol. The molecule has 0 aliphatic heterocycles. The average Bonchev–Trinajstić information content (AvgIpc) is 2.77. The van der Waals surface area contributed by atoms with E-state index in [0.717, 1.165) is 5.56 Å². The van der Waals surface area contributed by atoms with Crippen molar-refractivity contribution in [2.45, 2.75) is 10.3 Å². The van der Waals surface area contributed by atoms with Gasteiger partial charge in [0.15, 0.2) is 5.82 Å². The maximum atomic E-state index is 7.56. The summed E-state index contributed by atoms with van der Waals surface area (Å²) >= 11 is 17.6. The molecule has 4 nitrogen and oxygen atoms in total. The van der Waals surface area contributed by atoms with Crippen molar-refractivity contribution in [1.82, 2.24) is 9.55 Å². The van der Waals surface area contributed by atoms with E-state index in [1.165, 1.54) is 0 Å². The summed E-state index contributed by atoms with van der Waals surface area (Å²) < 4.78 is 0.128. The minimum absolute atomic E-state index is 0.00569. The van der Waals surface area contributed by atoms with Crippen LogP contribution in [-0.2, 0) is 10.3 Å². The van der Waals surface area contributed by atoms with Gasteiger partial charge >= 0.3 is 0 Å². The fourth-order valence-corrected chi connectivity index (χ4v) is 2.27. The second-order valence-corrected chi connectivity index (χ2v) is 6.23. The maximum Gasteiger partial charge on any atom is 0.248 e. The standard InChI is InChI=1S/C12H11Cl3N4/c13-12(14,15)11-18-5-6-19(11)7-8-3-1-2-4-9(8)10(16)17/h1-6H,7H2,(H3,16,17). The molecule has 3 N–H and O–H groups in total. The summed E-state index contributed by atoms with van der Waals surface area (Å²) in [6.45, 7) is 0.430. The van der Waals surface area contributed by atoms with E-state index >= 15 is 0 Å². The molecule has 0 spiro atoms. The third-order valence-electron chi connectivity index (χ3n) is 2.62. The van der Waals surface area contributed by atoms with Crippen LogP contribution in [0.15, 0.2) is 36.7 Å². The number of nitrogen functional groups attached to an aromatic ring is 1. The Morgan fingerprint density at radius 2 is 2.00 bits per heavy atom. The topological polar surface area (TPSA) is 67.7 Å². The zero-order valence-corrected chi connectivity index (χ0v) is 12.0. The summed E-state index contributed by atoms with van der Waals surface area (Å²) in [5.74, 6) is 0.335. The molecule has 0 radical (unpaired) electrons. The van der Waals surface area contributed by atoms with E-state index in [9.17, 15) is 0 Å². The predicted octanol–water partition coefficient (Wildman–Crippen LogP) is 3.04. The second kappa shape index (κ2) is 5.41. The lowest BCUT2D eigenvalue weighted by molar-refractivity contribution is 0.736. The molecule has 100 valence electrons. The van der Waals surface area contributed by atoms with Gasteiger partial charge in [0.2, 0.25) is 3.79 Å². The lowest BCUT2D eigenvalue weighted by atomic mass is 10.1. The number of halogens is 3. The molecule has 0 unspecified atom stereocenters. The number of amidine groups is 1. The van der Waals surface area contributed by atoms with Gasteiger partial charge in [-0.1, -0.05) is 59.1 Å². The molecular formula is C12H11Cl3N4. The largest absolute Gasteiger partial charge is 0.384 e. The van der Waals surface area contributed by atoms with E-state index in [2.05, 4.69) is 4.98 Å². The number of nitrogens with one attached hydrogen (secondary N) is 1. The number of imidazole rings is 1. The van der Waals surface area contributed by atoms with Gasteiger partial charge in [0.25, 0.3) is 0 Å². The molecule has 0 aliphatic rings. The molecule has 1 heterocycles. The summed E-state index contributed by atoms with van der Waals surface area (Å²) in [6.07, 6.45) is 3.28. The van der Waals surface area contributed by atoms with Gasteiger partial charge in [-0.05, 0) is 5.56 Å². The highest BCUT2D eigenvalue weighted by Crippen LogP contribution is 2.37. The summed E-state index contributed by atoms with van der Waals surface area (Å²) in [4.78, 5) is 4.04. The highest BCUT2D eigenvalue weighted by molar-refractivity contribution is 6.66. The van der Waals surface area contributed by atoms with Gasteiger partial charge in [-0.3, -0.25) is 5.41 Å². The molecular weight excluding hydrogens is 307 g/mol. The second-order valence-electron chi connectivity index (χ2n) is 3.95. The molecule has 0 saturated heterocycles. The normalized spacial score (nSPS) is 11.5. The van der Waals surface area contributed by atoms with E-state index in [4.69, 9.17) is 45.9 Å². The van der Waals surface area contributed by atoms with Gasteiger partial charge in [-0.15, -0.1) is 0 Å². The number of aromatic nitrogens is 2. The third kappa shape index (κ3) is 3.21. The Kier molecular flexibility index (Phi) is 4.04. The molecule has 0 amide bonds. The van der Waals surface area contributed by atoms with Crippen LogP contribution in [0.3, 0.4) is 0 Å². The lowest BCUT2D eigenvalue weighted by Crippen LogP contribution is -2.17. The molecule has 1 aromatic heterocycles. The maximum absolute atomic E-state index is 7.56. The molecule has 2 rings (SSSR count). The summed E-state index contributed by atoms with van der Waals surface area (Å²) in [7, 11) is 0. The molecule has 0 fully saturated rings. The Hall–Kier alpha value is -1.23. The van der Waals surface area contributed by atoms with Crippen molar-refractivity contribution in [3.8, 4) is 0 Å². The minimum Gasteiger partial charge on any atom is -0.384 e. The molecule has 2 aromatic rings. The number of alkyl halides is 3. The van der Waals surface area contributed by atoms with Crippen LogP contribution in [0.4, 0.5) is 0 Å². The van der Waals surface area contributed by atoms with E-state index in [1.807, 2.05) is 18.2 Å². The van der Waals surface area contributed by atoms with Crippen LogP contribution in [0.25, 0.3) is 0 Å². The van der Waals surface area contributed by atoms with E-state index < -0.39 is 3.79 Å². The van der Waals surface area contributed by atoms with Gasteiger partial charge in [-0.25, -0.2) is 4.98 Å². The number of nitrogens with two attached hydrogens (primary N) is 1. The van der Waals surface area contributed by atoms with Crippen LogP contribution in [0.5, 0.6) is 0 Å². The van der Waals surface area contributed by atoms with Crippen molar-refractivity contribution >= 4 is 40.6 Å². The molecule has 0 bridgehead atoms. The van der Waals surface area contributed by atoms with Gasteiger partial charge in [0, 0.05) is 24.5 Å². The number of hydrogen-bond acceptors (Lipinski definition) is 2. The smallest absolute Gasteiger partial charge is 0.248 e. The summed E-state index contributed by atoms with van der Waals surface area (Å²) in [6, 6.07) is 7.35. The van der Waals surface area contributed by atoms with Crippen LogP contribution >= 0.6 is 34.8 Å². The number of benzene rings is 1. The third-order valence-corrected chi connectivity index (χ3v) is 3.12. The van der Waals surface area contributed by atoms with Crippen molar-refractivity contribution in [2.24, 2.45) is 5.73 Å². The Bertz CT molecular complexity index is 601. The zero-order valence-electron chi connectivity index (χ0n) is 9.78. The van der Waals surface area contributed by atoms with Crippen LogP contribution in [0.1, 0.15) is 17.0 Å². The van der Waals surface area contributed by atoms with Crippen LogP contribution in [0, 0.1) is 5.41 Å². The lowest BCUT2D eigenvalue weighted by Gasteiger charge is -2.15. The monoisotopic (exact) mass is 316 g/mol. The zero-order chi connectivity index (χ0) is 14.0. The fraction of sp³-hybridized carbons (Fsp3) is 0.167. The van der Waals surface area contributed by atoms with Gasteiger partial charge in [0.05, 0.1) is 0 Å². The van der Waals surface area contributed by atoms with Crippen molar-refractivity contribution in [3.63, 3.8) is 0 Å². The molecule has 0 saturated carbocycles. The number of rotatable bonds is 3. The Labute approximate surface area is 125 Å². The van der Waals surface area contributed by atoms with E-state index in [1.54, 1.807) is 23.0 Å². The highest BCUT2D eigenvalue weighted by atomic mass is 35.6. The van der Waals surface area contributed by atoms with Crippen LogP contribution < -0.4 is 5.73 Å². The van der Waals surface area contributed by atoms with Crippen LogP contribution in [-0.4, -0.2) is 15.4 Å². The van der Waals surface area contributed by atoms with Gasteiger partial charge in [-0.2, -0.15) is 0 Å². The minimum atomic E-state index is -1.59. The molecule has 7 heteroatoms. The Balaban J connectivity index is 2.38. The quantitative estimate of drug-likeness (QED) is 0.519. The Morgan fingerprint density at radius 3 is 2.63 bits per heavy atom. The van der Waals surface area contributed by atoms with Gasteiger partial charge in [0.1, 0.15) is 5.84 Å². The average molecular weight is 318 g/mol. The molecule has 19 heavy (non-hydrogen) atoms. The van der Waals surface area contributed by atoms with Crippen molar-refractivity contribution in [3.05, 3.63) is 53.6 Å². The molecule has 1 aromatic carbocycles. The SMILES string of the molecule is N=C(N)c1ccccc1Cn1ccnc1C(Cl)(Cl)Cl. The van der Waals surface area contributed by atoms with Crippen molar-refractivity contribution in [1.29, 1.82) is 5.41 Å².